The summed E-state index contributed by atoms with van der Waals surface area (Å²) < 4.78 is 40.4. The largest absolute Gasteiger partial charge is 0.491 e. The molecule has 1 atom stereocenters. The monoisotopic (exact) mass is 485 g/mol. The van der Waals surface area contributed by atoms with Crippen molar-refractivity contribution in [3.63, 3.8) is 0 Å². The fourth-order valence-corrected chi connectivity index (χ4v) is 3.80. The number of aliphatic imine (C=N–C) groups is 1. The first-order valence-electron chi connectivity index (χ1n) is 10.4. The van der Waals surface area contributed by atoms with Crippen molar-refractivity contribution in [2.75, 3.05) is 12.9 Å². The van der Waals surface area contributed by atoms with Crippen molar-refractivity contribution in [3.8, 4) is 28.5 Å². The zero-order chi connectivity index (χ0) is 24.5. The summed E-state index contributed by atoms with van der Waals surface area (Å²) in [5.41, 5.74) is 2.01. The maximum atomic E-state index is 11.6. The minimum Gasteiger partial charge on any atom is -0.491 e. The molecule has 3 heterocycles. The van der Waals surface area contributed by atoms with Crippen LogP contribution in [0.3, 0.4) is 0 Å². The Morgan fingerprint density at radius 2 is 1.85 bits per heavy atom. The molecule has 0 fully saturated rings. The van der Waals surface area contributed by atoms with Crippen molar-refractivity contribution in [3.05, 3.63) is 54.4 Å². The third kappa shape index (κ3) is 5.37. The molecule has 2 aromatic heterocycles. The van der Waals surface area contributed by atoms with Gasteiger partial charge in [0, 0.05) is 23.6 Å². The van der Waals surface area contributed by atoms with E-state index in [2.05, 4.69) is 15.0 Å². The van der Waals surface area contributed by atoms with Crippen LogP contribution in [0.2, 0.25) is 0 Å². The number of ether oxygens (including phenoxy) is 3. The van der Waals surface area contributed by atoms with E-state index in [4.69, 9.17) is 19.3 Å². The van der Waals surface area contributed by atoms with Crippen molar-refractivity contribution in [1.29, 1.82) is 0 Å². The van der Waals surface area contributed by atoms with Crippen molar-refractivity contribution in [2.24, 2.45) is 4.99 Å². The topological polar surface area (TPSA) is 140 Å². The van der Waals surface area contributed by atoms with Crippen LogP contribution >= 0.6 is 0 Å². The van der Waals surface area contributed by atoms with E-state index in [0.717, 1.165) is 11.8 Å². The summed E-state index contributed by atoms with van der Waals surface area (Å²) in [5.74, 6) is 0.585. The fraction of sp³-hybridized carbons (Fsp3) is 0.261. The highest BCUT2D eigenvalue weighted by Crippen LogP contribution is 2.33. The summed E-state index contributed by atoms with van der Waals surface area (Å²) in [7, 11) is -3.41. The number of aromatic nitrogens is 2. The zero-order valence-corrected chi connectivity index (χ0v) is 19.5. The molecule has 0 aliphatic carbocycles. The van der Waals surface area contributed by atoms with Crippen LogP contribution in [0.25, 0.3) is 11.3 Å². The average Bonchev–Trinajstić information content (AvgIpc) is 3.43. The first-order valence-corrected chi connectivity index (χ1v) is 12.3. The lowest BCUT2D eigenvalue weighted by molar-refractivity contribution is -0.138. The number of nitrogens with zero attached hydrogens (tertiary/aromatic N) is 2. The standard InChI is InChI=1S/C23H23N3O7S/c1-13(2)32-16-8-14(18-5-6-19(25-18)22-26-20(12-31-22)23(27)28)9-17(10-16)33-15-4-7-21(24-11-15)34(3,29)30/h4-11,13,20,25H,12H2,1-3H3,(H,27,28). The van der Waals surface area contributed by atoms with Crippen LogP contribution in [-0.4, -0.2) is 60.4 Å². The molecule has 0 saturated carbocycles. The Labute approximate surface area is 196 Å². The number of hydrogen-bond acceptors (Lipinski definition) is 8. The van der Waals surface area contributed by atoms with E-state index in [1.807, 2.05) is 26.0 Å². The average molecular weight is 486 g/mol. The number of carboxylic acid groups (broad SMARTS) is 1. The Kier molecular flexibility index (Phi) is 6.29. The van der Waals surface area contributed by atoms with Gasteiger partial charge in [0.15, 0.2) is 20.9 Å². The lowest BCUT2D eigenvalue weighted by Gasteiger charge is -2.14. The first kappa shape index (κ1) is 23.3. The van der Waals surface area contributed by atoms with E-state index >= 15 is 0 Å². The minimum atomic E-state index is -3.41. The Bertz CT molecular complexity index is 1350. The molecule has 0 saturated heterocycles. The fourth-order valence-electron chi connectivity index (χ4n) is 3.24. The predicted molar refractivity (Wildman–Crippen MR) is 123 cm³/mol. The quantitative estimate of drug-likeness (QED) is 0.495. The van der Waals surface area contributed by atoms with E-state index < -0.39 is 21.8 Å². The number of carboxylic acids is 1. The van der Waals surface area contributed by atoms with Gasteiger partial charge in [-0.3, -0.25) is 0 Å². The van der Waals surface area contributed by atoms with Crippen LogP contribution in [0, 0.1) is 0 Å². The summed E-state index contributed by atoms with van der Waals surface area (Å²) in [6.07, 6.45) is 2.35. The van der Waals surface area contributed by atoms with Gasteiger partial charge in [-0.1, -0.05) is 0 Å². The molecular weight excluding hydrogens is 462 g/mol. The Balaban J connectivity index is 1.63. The van der Waals surface area contributed by atoms with Crippen LogP contribution in [0.15, 0.2) is 58.7 Å². The number of hydrogen-bond donors (Lipinski definition) is 2. The second kappa shape index (κ2) is 9.18. The van der Waals surface area contributed by atoms with Gasteiger partial charge in [-0.15, -0.1) is 0 Å². The van der Waals surface area contributed by atoms with Crippen LogP contribution < -0.4 is 9.47 Å². The second-order valence-electron chi connectivity index (χ2n) is 7.95. The molecule has 1 aliphatic heterocycles. The maximum Gasteiger partial charge on any atom is 0.332 e. The van der Waals surface area contributed by atoms with Gasteiger partial charge >= 0.3 is 5.97 Å². The maximum absolute atomic E-state index is 11.6. The Morgan fingerprint density at radius 3 is 2.47 bits per heavy atom. The summed E-state index contributed by atoms with van der Waals surface area (Å²) in [6.45, 7) is 3.80. The highest BCUT2D eigenvalue weighted by molar-refractivity contribution is 7.90. The molecule has 0 spiro atoms. The SMILES string of the molecule is CC(C)Oc1cc(Oc2ccc(S(C)(=O)=O)nc2)cc(-c2ccc(C3=NC(C(=O)O)CO3)[nH]2)c1. The van der Waals surface area contributed by atoms with Gasteiger partial charge in [-0.2, -0.15) is 0 Å². The van der Waals surface area contributed by atoms with Gasteiger partial charge < -0.3 is 24.3 Å². The second-order valence-corrected chi connectivity index (χ2v) is 9.91. The zero-order valence-electron chi connectivity index (χ0n) is 18.7. The predicted octanol–water partition coefficient (Wildman–Crippen LogP) is 3.29. The Hall–Kier alpha value is -3.86. The molecule has 0 amide bonds. The molecule has 2 N–H and O–H groups in total. The minimum absolute atomic E-state index is 0.0130. The van der Waals surface area contributed by atoms with Crippen LogP contribution in [-0.2, 0) is 19.4 Å². The molecule has 34 heavy (non-hydrogen) atoms. The number of sulfone groups is 1. The number of carbonyl (C=O) groups is 1. The van der Waals surface area contributed by atoms with Gasteiger partial charge in [0.05, 0.1) is 12.3 Å². The number of aromatic amines is 1. The van der Waals surface area contributed by atoms with E-state index in [9.17, 15) is 13.2 Å². The molecule has 178 valence electrons. The number of pyridine rings is 1. The summed E-state index contributed by atoms with van der Waals surface area (Å²) in [6, 6.07) is 10.9. The molecule has 1 aliphatic rings. The van der Waals surface area contributed by atoms with Crippen molar-refractivity contribution in [2.45, 2.75) is 31.0 Å². The molecule has 1 unspecified atom stereocenters. The third-order valence-electron chi connectivity index (χ3n) is 4.74. The van der Waals surface area contributed by atoms with Gasteiger partial charge in [0.1, 0.15) is 29.5 Å². The first-order chi connectivity index (χ1) is 16.1. The van der Waals surface area contributed by atoms with Crippen molar-refractivity contribution >= 4 is 21.7 Å². The Morgan fingerprint density at radius 1 is 1.12 bits per heavy atom. The molecule has 0 bridgehead atoms. The summed E-state index contributed by atoms with van der Waals surface area (Å²) in [4.78, 5) is 22.3. The molecule has 1 aromatic carbocycles. The number of rotatable bonds is 8. The highest BCUT2D eigenvalue weighted by atomic mass is 32.2. The molecule has 4 rings (SSSR count). The van der Waals surface area contributed by atoms with E-state index in [1.54, 1.807) is 18.2 Å². The highest BCUT2D eigenvalue weighted by Gasteiger charge is 2.26. The molecular formula is C23H23N3O7S. The summed E-state index contributed by atoms with van der Waals surface area (Å²) in [5, 5.41) is 9.07. The van der Waals surface area contributed by atoms with Crippen LogP contribution in [0.4, 0.5) is 0 Å². The lowest BCUT2D eigenvalue weighted by Crippen LogP contribution is -2.18. The number of nitrogens with one attached hydrogen (secondary N) is 1. The smallest absolute Gasteiger partial charge is 0.332 e. The van der Waals surface area contributed by atoms with Gasteiger partial charge in [0.25, 0.3) is 0 Å². The van der Waals surface area contributed by atoms with E-state index in [-0.39, 0.29) is 23.6 Å². The van der Waals surface area contributed by atoms with Crippen LogP contribution in [0.1, 0.15) is 19.5 Å². The summed E-state index contributed by atoms with van der Waals surface area (Å²) >= 11 is 0. The van der Waals surface area contributed by atoms with Crippen LogP contribution in [0.5, 0.6) is 17.2 Å². The van der Waals surface area contributed by atoms with Gasteiger partial charge in [-0.05, 0) is 50.2 Å². The number of benzene rings is 1. The molecule has 10 nitrogen and oxygen atoms in total. The molecule has 3 aromatic rings. The van der Waals surface area contributed by atoms with E-state index in [1.165, 1.54) is 18.3 Å². The van der Waals surface area contributed by atoms with Crippen molar-refractivity contribution in [1.82, 2.24) is 9.97 Å². The third-order valence-corrected chi connectivity index (χ3v) is 5.74. The number of aliphatic carboxylic acids is 1. The normalized spacial score (nSPS) is 15.6. The number of H-pyrrole nitrogens is 1. The van der Waals surface area contributed by atoms with Gasteiger partial charge in [0.2, 0.25) is 5.90 Å². The van der Waals surface area contributed by atoms with Crippen molar-refractivity contribution < 1.29 is 32.5 Å². The lowest BCUT2D eigenvalue weighted by atomic mass is 10.1. The molecule has 11 heteroatoms. The van der Waals surface area contributed by atoms with Gasteiger partial charge in [-0.25, -0.2) is 23.2 Å². The van der Waals surface area contributed by atoms with E-state index in [0.29, 0.717) is 28.6 Å². The molecule has 0 radical (unpaired) electrons.